The molecule has 0 aromatic heterocycles. The van der Waals surface area contributed by atoms with Crippen LogP contribution in [0.3, 0.4) is 0 Å². The van der Waals surface area contributed by atoms with E-state index in [1.807, 2.05) is 18.2 Å². The molecule has 1 aliphatic rings. The highest BCUT2D eigenvalue weighted by atomic mass is 35.5. The maximum absolute atomic E-state index is 6.47. The van der Waals surface area contributed by atoms with E-state index in [-0.39, 0.29) is 11.6 Å². The van der Waals surface area contributed by atoms with Crippen LogP contribution in [0.15, 0.2) is 24.3 Å². The molecule has 3 atom stereocenters. The summed E-state index contributed by atoms with van der Waals surface area (Å²) in [7, 11) is 1.80. The Morgan fingerprint density at radius 2 is 2.21 bits per heavy atom. The summed E-state index contributed by atoms with van der Waals surface area (Å²) in [4.78, 5) is 0. The Labute approximate surface area is 121 Å². The number of halogens is 1. The summed E-state index contributed by atoms with van der Waals surface area (Å²) < 4.78 is 5.85. The molecular formula is C16H24ClNO. The maximum atomic E-state index is 6.47. The third kappa shape index (κ3) is 3.31. The molecule has 0 saturated heterocycles. The van der Waals surface area contributed by atoms with Gasteiger partial charge in [0.15, 0.2) is 0 Å². The van der Waals surface area contributed by atoms with Gasteiger partial charge in [-0.15, -0.1) is 0 Å². The fourth-order valence-electron chi connectivity index (χ4n) is 3.30. The molecule has 0 spiro atoms. The molecule has 0 amide bonds. The lowest BCUT2D eigenvalue weighted by atomic mass is 9.73. The van der Waals surface area contributed by atoms with E-state index in [0.717, 1.165) is 29.8 Å². The number of methoxy groups -OCH3 is 1. The van der Waals surface area contributed by atoms with E-state index in [9.17, 15) is 0 Å². The molecule has 3 unspecified atom stereocenters. The topological polar surface area (TPSA) is 35.2 Å². The largest absolute Gasteiger partial charge is 0.377 e. The highest BCUT2D eigenvalue weighted by Gasteiger charge is 2.40. The molecule has 3 heteroatoms. The molecule has 0 heterocycles. The van der Waals surface area contributed by atoms with E-state index in [2.05, 4.69) is 13.0 Å². The van der Waals surface area contributed by atoms with Gasteiger partial charge in [0.25, 0.3) is 0 Å². The van der Waals surface area contributed by atoms with Crippen LogP contribution in [-0.2, 0) is 11.2 Å². The molecule has 1 aromatic rings. The van der Waals surface area contributed by atoms with Crippen LogP contribution < -0.4 is 5.73 Å². The lowest BCUT2D eigenvalue weighted by molar-refractivity contribution is -0.0705. The third-order valence-electron chi connectivity index (χ3n) is 4.47. The summed E-state index contributed by atoms with van der Waals surface area (Å²) in [6.45, 7) is 2.29. The Kier molecular flexibility index (Phi) is 4.88. The molecule has 1 saturated carbocycles. The molecule has 19 heavy (non-hydrogen) atoms. The quantitative estimate of drug-likeness (QED) is 0.911. The van der Waals surface area contributed by atoms with Crippen LogP contribution in [0.1, 0.15) is 38.2 Å². The molecule has 1 aliphatic carbocycles. The zero-order chi connectivity index (χ0) is 13.9. The van der Waals surface area contributed by atoms with Crippen molar-refractivity contribution in [2.45, 2.75) is 50.7 Å². The number of rotatable bonds is 4. The molecule has 2 N–H and O–H groups in total. The number of benzene rings is 1. The molecule has 0 radical (unpaired) electrons. The van der Waals surface area contributed by atoms with E-state index in [0.29, 0.717) is 5.92 Å². The number of ether oxygens (including phenoxy) is 1. The van der Waals surface area contributed by atoms with Crippen LogP contribution in [0.2, 0.25) is 5.02 Å². The zero-order valence-corrected chi connectivity index (χ0v) is 12.6. The van der Waals surface area contributed by atoms with Gasteiger partial charge in [-0.05, 0) is 36.8 Å². The lowest BCUT2D eigenvalue weighted by Gasteiger charge is -2.43. The Morgan fingerprint density at radius 3 is 2.84 bits per heavy atom. The second-order valence-corrected chi connectivity index (χ2v) is 6.28. The van der Waals surface area contributed by atoms with Gasteiger partial charge in [0.1, 0.15) is 0 Å². The van der Waals surface area contributed by atoms with Gasteiger partial charge >= 0.3 is 0 Å². The van der Waals surface area contributed by atoms with Gasteiger partial charge in [-0.1, -0.05) is 49.6 Å². The summed E-state index contributed by atoms with van der Waals surface area (Å²) in [5.41, 5.74) is 7.41. The van der Waals surface area contributed by atoms with Gasteiger partial charge in [-0.3, -0.25) is 0 Å². The van der Waals surface area contributed by atoms with Crippen molar-refractivity contribution >= 4 is 11.6 Å². The smallest absolute Gasteiger partial charge is 0.0834 e. The Bertz CT molecular complexity index is 423. The fraction of sp³-hybridized carbons (Fsp3) is 0.625. The van der Waals surface area contributed by atoms with Gasteiger partial charge in [0.05, 0.1) is 5.60 Å². The summed E-state index contributed by atoms with van der Waals surface area (Å²) in [5.74, 6) is 0.686. The van der Waals surface area contributed by atoms with Crippen molar-refractivity contribution in [3.05, 3.63) is 34.9 Å². The number of hydrogen-bond donors (Lipinski definition) is 1. The minimum absolute atomic E-state index is 0.000139. The first kappa shape index (κ1) is 14.8. The van der Waals surface area contributed by atoms with E-state index in [4.69, 9.17) is 22.1 Å². The van der Waals surface area contributed by atoms with E-state index in [1.54, 1.807) is 7.11 Å². The summed E-state index contributed by atoms with van der Waals surface area (Å²) in [6, 6.07) is 7.94. The monoisotopic (exact) mass is 281 g/mol. The average molecular weight is 282 g/mol. The van der Waals surface area contributed by atoms with Crippen LogP contribution in [-0.4, -0.2) is 18.8 Å². The van der Waals surface area contributed by atoms with Crippen molar-refractivity contribution in [1.82, 2.24) is 0 Å². The van der Waals surface area contributed by atoms with Gasteiger partial charge in [0, 0.05) is 18.2 Å². The van der Waals surface area contributed by atoms with Crippen LogP contribution in [0, 0.1) is 5.92 Å². The summed E-state index contributed by atoms with van der Waals surface area (Å²) in [6.07, 6.45) is 5.37. The number of nitrogens with two attached hydrogens (primary N) is 1. The predicted molar refractivity (Wildman–Crippen MR) is 80.5 cm³/mol. The van der Waals surface area contributed by atoms with Crippen LogP contribution in [0.4, 0.5) is 0 Å². The van der Waals surface area contributed by atoms with Crippen molar-refractivity contribution in [1.29, 1.82) is 0 Å². The van der Waals surface area contributed by atoms with Crippen LogP contribution in [0.25, 0.3) is 0 Å². The van der Waals surface area contributed by atoms with Crippen LogP contribution in [0.5, 0.6) is 0 Å². The standard InChI is InChI=1S/C16H24ClNO/c1-12-6-5-9-16(11-12,19-2)15(18)10-13-7-3-4-8-14(13)17/h3-4,7-8,12,15H,5-6,9-11,18H2,1-2H3. The molecule has 0 aliphatic heterocycles. The Morgan fingerprint density at radius 1 is 1.47 bits per heavy atom. The van der Waals surface area contributed by atoms with Crippen molar-refractivity contribution in [2.24, 2.45) is 11.7 Å². The Balaban J connectivity index is 2.13. The first-order chi connectivity index (χ1) is 9.07. The van der Waals surface area contributed by atoms with Crippen molar-refractivity contribution < 1.29 is 4.74 Å². The molecule has 2 nitrogen and oxygen atoms in total. The predicted octanol–water partition coefficient (Wildman–Crippen LogP) is 3.81. The normalized spacial score (nSPS) is 29.2. The molecule has 2 rings (SSSR count). The van der Waals surface area contributed by atoms with Crippen molar-refractivity contribution in [3.63, 3.8) is 0 Å². The van der Waals surface area contributed by atoms with Gasteiger partial charge in [-0.2, -0.15) is 0 Å². The summed E-state index contributed by atoms with van der Waals surface area (Å²) >= 11 is 6.23. The maximum Gasteiger partial charge on any atom is 0.0834 e. The van der Waals surface area contributed by atoms with E-state index < -0.39 is 0 Å². The van der Waals surface area contributed by atoms with Gasteiger partial charge < -0.3 is 10.5 Å². The van der Waals surface area contributed by atoms with Crippen molar-refractivity contribution in [3.8, 4) is 0 Å². The number of hydrogen-bond acceptors (Lipinski definition) is 2. The molecule has 1 fully saturated rings. The minimum Gasteiger partial charge on any atom is -0.377 e. The second-order valence-electron chi connectivity index (χ2n) is 5.87. The first-order valence-corrected chi connectivity index (χ1v) is 7.49. The zero-order valence-electron chi connectivity index (χ0n) is 11.9. The SMILES string of the molecule is COC1(C(N)Cc2ccccc2Cl)CCCC(C)C1. The van der Waals surface area contributed by atoms with Gasteiger partial charge in [-0.25, -0.2) is 0 Å². The summed E-state index contributed by atoms with van der Waals surface area (Å²) in [5, 5.41) is 0.799. The molecule has 0 bridgehead atoms. The van der Waals surface area contributed by atoms with Crippen LogP contribution >= 0.6 is 11.6 Å². The van der Waals surface area contributed by atoms with E-state index in [1.165, 1.54) is 12.8 Å². The second kappa shape index (κ2) is 6.25. The average Bonchev–Trinajstić information content (AvgIpc) is 2.41. The highest BCUT2D eigenvalue weighted by molar-refractivity contribution is 6.31. The first-order valence-electron chi connectivity index (χ1n) is 7.11. The van der Waals surface area contributed by atoms with Gasteiger partial charge in [0.2, 0.25) is 0 Å². The van der Waals surface area contributed by atoms with Crippen molar-refractivity contribution in [2.75, 3.05) is 7.11 Å². The van der Waals surface area contributed by atoms with E-state index >= 15 is 0 Å². The minimum atomic E-state index is -0.184. The fourth-order valence-corrected chi connectivity index (χ4v) is 3.52. The third-order valence-corrected chi connectivity index (χ3v) is 4.84. The molecule has 1 aromatic carbocycles. The lowest BCUT2D eigenvalue weighted by Crippen LogP contribution is -2.53. The molecular weight excluding hydrogens is 258 g/mol. The Hall–Kier alpha value is -0.570. The molecule has 106 valence electrons. The highest BCUT2D eigenvalue weighted by Crippen LogP contribution is 2.37.